The normalized spacial score (nSPS) is 15.9. The van der Waals surface area contributed by atoms with Crippen molar-refractivity contribution in [3.05, 3.63) is 72.3 Å². The van der Waals surface area contributed by atoms with Crippen LogP contribution in [0.4, 0.5) is 0 Å². The van der Waals surface area contributed by atoms with Crippen LogP contribution in [-0.4, -0.2) is 38.2 Å². The third-order valence-electron chi connectivity index (χ3n) is 5.05. The van der Waals surface area contributed by atoms with Gasteiger partial charge in [-0.3, -0.25) is 4.90 Å². The maximum atomic E-state index is 6.12. The van der Waals surface area contributed by atoms with Gasteiger partial charge in [-0.15, -0.1) is 6.58 Å². The molecule has 1 fully saturated rings. The van der Waals surface area contributed by atoms with Crippen LogP contribution in [0.15, 0.2) is 61.2 Å². The van der Waals surface area contributed by atoms with E-state index in [9.17, 15) is 0 Å². The summed E-state index contributed by atoms with van der Waals surface area (Å²) in [4.78, 5) is 2.56. The Hall–Kier alpha value is -2.30. The SMILES string of the molecule is C=CCC[C@@H](c1ccc(OC)c(OCc2ccccc2)c1)N1CCNCC1. The molecule has 4 heteroatoms. The number of piperazine rings is 1. The van der Waals surface area contributed by atoms with Crippen molar-refractivity contribution >= 4 is 0 Å². The van der Waals surface area contributed by atoms with Crippen molar-refractivity contribution in [3.63, 3.8) is 0 Å². The Labute approximate surface area is 162 Å². The minimum absolute atomic E-state index is 0.370. The van der Waals surface area contributed by atoms with Crippen molar-refractivity contribution in [3.8, 4) is 11.5 Å². The van der Waals surface area contributed by atoms with Crippen molar-refractivity contribution in [2.45, 2.75) is 25.5 Å². The summed E-state index contributed by atoms with van der Waals surface area (Å²) in [6, 6.07) is 16.9. The fraction of sp³-hybridized carbons (Fsp3) is 0.391. The lowest BCUT2D eigenvalue weighted by molar-refractivity contribution is 0.165. The second kappa shape index (κ2) is 10.1. The molecule has 1 saturated heterocycles. The maximum absolute atomic E-state index is 6.12. The first-order valence-corrected chi connectivity index (χ1v) is 9.72. The molecule has 0 saturated carbocycles. The molecule has 1 heterocycles. The van der Waals surface area contributed by atoms with Gasteiger partial charge in [0.25, 0.3) is 0 Å². The minimum atomic E-state index is 0.370. The molecule has 1 aliphatic heterocycles. The van der Waals surface area contributed by atoms with Crippen LogP contribution in [-0.2, 0) is 6.61 Å². The molecule has 144 valence electrons. The highest BCUT2D eigenvalue weighted by Gasteiger charge is 2.22. The number of methoxy groups -OCH3 is 1. The number of hydrogen-bond acceptors (Lipinski definition) is 4. The van der Waals surface area contributed by atoms with Crippen LogP contribution < -0.4 is 14.8 Å². The average Bonchev–Trinajstić information content (AvgIpc) is 2.74. The summed E-state index contributed by atoms with van der Waals surface area (Å²) in [5, 5.41) is 3.44. The zero-order chi connectivity index (χ0) is 18.9. The van der Waals surface area contributed by atoms with Crippen LogP contribution in [0.1, 0.15) is 30.0 Å². The molecule has 1 N–H and O–H groups in total. The monoisotopic (exact) mass is 366 g/mol. The van der Waals surface area contributed by atoms with E-state index < -0.39 is 0 Å². The Morgan fingerprint density at radius 2 is 1.89 bits per heavy atom. The van der Waals surface area contributed by atoms with Gasteiger partial charge < -0.3 is 14.8 Å². The van der Waals surface area contributed by atoms with Gasteiger partial charge in [0.15, 0.2) is 11.5 Å². The highest BCUT2D eigenvalue weighted by Crippen LogP contribution is 2.34. The van der Waals surface area contributed by atoms with Crippen molar-refractivity contribution in [2.75, 3.05) is 33.3 Å². The number of allylic oxidation sites excluding steroid dienone is 1. The summed E-state index contributed by atoms with van der Waals surface area (Å²) < 4.78 is 11.7. The molecule has 3 rings (SSSR count). The summed E-state index contributed by atoms with van der Waals surface area (Å²) in [5.74, 6) is 1.58. The molecule has 2 aromatic rings. The Bertz CT molecular complexity index is 712. The van der Waals surface area contributed by atoms with Crippen molar-refractivity contribution in [1.29, 1.82) is 0 Å². The molecule has 0 amide bonds. The third-order valence-corrected chi connectivity index (χ3v) is 5.05. The van der Waals surface area contributed by atoms with Gasteiger partial charge in [0.05, 0.1) is 7.11 Å². The van der Waals surface area contributed by atoms with Gasteiger partial charge in [-0.2, -0.15) is 0 Å². The fourth-order valence-electron chi connectivity index (χ4n) is 3.58. The zero-order valence-corrected chi connectivity index (χ0v) is 16.2. The predicted molar refractivity (Wildman–Crippen MR) is 110 cm³/mol. The number of ether oxygens (including phenoxy) is 2. The van der Waals surface area contributed by atoms with Crippen LogP contribution in [0.2, 0.25) is 0 Å². The lowest BCUT2D eigenvalue weighted by atomic mass is 9.99. The number of nitrogens with one attached hydrogen (secondary N) is 1. The molecular weight excluding hydrogens is 336 g/mol. The largest absolute Gasteiger partial charge is 0.493 e. The van der Waals surface area contributed by atoms with Gasteiger partial charge in [-0.25, -0.2) is 0 Å². The van der Waals surface area contributed by atoms with Gasteiger partial charge >= 0.3 is 0 Å². The molecule has 1 atom stereocenters. The Morgan fingerprint density at radius 3 is 2.59 bits per heavy atom. The molecular formula is C23H30N2O2. The van der Waals surface area contributed by atoms with Gasteiger partial charge in [0, 0.05) is 32.2 Å². The average molecular weight is 367 g/mol. The van der Waals surface area contributed by atoms with Gasteiger partial charge in [0.2, 0.25) is 0 Å². The molecule has 0 aromatic heterocycles. The van der Waals surface area contributed by atoms with E-state index in [-0.39, 0.29) is 0 Å². The van der Waals surface area contributed by atoms with Crippen LogP contribution in [0, 0.1) is 0 Å². The quantitative estimate of drug-likeness (QED) is 0.675. The maximum Gasteiger partial charge on any atom is 0.161 e. The molecule has 2 aromatic carbocycles. The second-order valence-electron chi connectivity index (χ2n) is 6.85. The van der Waals surface area contributed by atoms with E-state index in [2.05, 4.69) is 41.1 Å². The molecule has 0 radical (unpaired) electrons. The lowest BCUT2D eigenvalue weighted by Crippen LogP contribution is -2.45. The molecule has 4 nitrogen and oxygen atoms in total. The Kier molecular flexibility index (Phi) is 7.31. The predicted octanol–water partition coefficient (Wildman–Crippen LogP) is 4.19. The first kappa shape index (κ1) is 19.5. The summed E-state index contributed by atoms with van der Waals surface area (Å²) in [5.41, 5.74) is 2.43. The van der Waals surface area contributed by atoms with Crippen LogP contribution in [0.3, 0.4) is 0 Å². The molecule has 27 heavy (non-hydrogen) atoms. The molecule has 0 spiro atoms. The molecule has 1 aliphatic rings. The molecule has 0 aliphatic carbocycles. The smallest absolute Gasteiger partial charge is 0.161 e. The van der Waals surface area contributed by atoms with E-state index in [1.54, 1.807) is 7.11 Å². The van der Waals surface area contributed by atoms with Crippen LogP contribution >= 0.6 is 0 Å². The highest BCUT2D eigenvalue weighted by atomic mass is 16.5. The summed E-state index contributed by atoms with van der Waals surface area (Å²) in [6.45, 7) is 8.64. The van der Waals surface area contributed by atoms with Gasteiger partial charge in [-0.1, -0.05) is 42.5 Å². The fourth-order valence-corrected chi connectivity index (χ4v) is 3.58. The van der Waals surface area contributed by atoms with E-state index in [4.69, 9.17) is 9.47 Å². The first-order valence-electron chi connectivity index (χ1n) is 9.72. The zero-order valence-electron chi connectivity index (χ0n) is 16.2. The standard InChI is InChI=1S/C23H30N2O2/c1-3-4-10-21(25-15-13-24-14-16-25)20-11-12-22(26-2)23(17-20)27-18-19-8-6-5-7-9-19/h3,5-9,11-12,17,21,24H,1,4,10,13-16,18H2,2H3/t21-/m0/s1. The summed E-state index contributed by atoms with van der Waals surface area (Å²) >= 11 is 0. The highest BCUT2D eigenvalue weighted by molar-refractivity contribution is 5.44. The van der Waals surface area contributed by atoms with E-state index in [1.807, 2.05) is 30.3 Å². The van der Waals surface area contributed by atoms with Crippen molar-refractivity contribution < 1.29 is 9.47 Å². The summed E-state index contributed by atoms with van der Waals surface area (Å²) in [7, 11) is 1.69. The first-order chi connectivity index (χ1) is 13.3. The Morgan fingerprint density at radius 1 is 1.11 bits per heavy atom. The summed E-state index contributed by atoms with van der Waals surface area (Å²) in [6.07, 6.45) is 4.07. The van der Waals surface area contributed by atoms with Gasteiger partial charge in [-0.05, 0) is 36.1 Å². The van der Waals surface area contributed by atoms with E-state index in [0.29, 0.717) is 12.6 Å². The third kappa shape index (κ3) is 5.34. The molecule has 0 unspecified atom stereocenters. The Balaban J connectivity index is 1.80. The second-order valence-corrected chi connectivity index (χ2v) is 6.85. The van der Waals surface area contributed by atoms with Crippen molar-refractivity contribution in [2.24, 2.45) is 0 Å². The lowest BCUT2D eigenvalue weighted by Gasteiger charge is -2.35. The van der Waals surface area contributed by atoms with E-state index in [1.165, 1.54) is 5.56 Å². The molecule has 0 bridgehead atoms. The van der Waals surface area contributed by atoms with Crippen LogP contribution in [0.25, 0.3) is 0 Å². The van der Waals surface area contributed by atoms with Crippen molar-refractivity contribution in [1.82, 2.24) is 10.2 Å². The number of hydrogen-bond donors (Lipinski definition) is 1. The topological polar surface area (TPSA) is 33.7 Å². The number of benzene rings is 2. The van der Waals surface area contributed by atoms with Gasteiger partial charge in [0.1, 0.15) is 6.61 Å². The van der Waals surface area contributed by atoms with Crippen LogP contribution in [0.5, 0.6) is 11.5 Å². The number of nitrogens with zero attached hydrogens (tertiary/aromatic N) is 1. The number of rotatable bonds is 9. The minimum Gasteiger partial charge on any atom is -0.493 e. The van der Waals surface area contributed by atoms with E-state index in [0.717, 1.165) is 56.1 Å². The van der Waals surface area contributed by atoms with E-state index >= 15 is 0 Å².